The minimum Gasteiger partial charge on any atom is -0.347 e. The molecule has 0 radical (unpaired) electrons. The molecule has 3 aromatic rings. The second-order valence-electron chi connectivity index (χ2n) is 8.09. The summed E-state index contributed by atoms with van der Waals surface area (Å²) in [5, 5.41) is 10.2. The fourth-order valence-electron chi connectivity index (χ4n) is 4.76. The molecule has 1 amide bonds. The number of rotatable bonds is 4. The van der Waals surface area contributed by atoms with Crippen molar-refractivity contribution in [2.24, 2.45) is 5.92 Å². The number of halogens is 2. The molecular formula is C23H21F2N3O. The zero-order valence-electron chi connectivity index (χ0n) is 16.2. The maximum absolute atomic E-state index is 14.2. The summed E-state index contributed by atoms with van der Waals surface area (Å²) >= 11 is 0. The van der Waals surface area contributed by atoms with E-state index < -0.39 is 11.6 Å². The summed E-state index contributed by atoms with van der Waals surface area (Å²) in [5.74, 6) is -0.884. The van der Waals surface area contributed by atoms with Gasteiger partial charge in [-0.05, 0) is 60.4 Å². The van der Waals surface area contributed by atoms with Crippen molar-refractivity contribution in [2.45, 2.75) is 38.6 Å². The molecule has 1 saturated carbocycles. The van der Waals surface area contributed by atoms with E-state index in [0.717, 1.165) is 22.9 Å². The van der Waals surface area contributed by atoms with Gasteiger partial charge < -0.3 is 5.32 Å². The third-order valence-corrected chi connectivity index (χ3v) is 6.53. The summed E-state index contributed by atoms with van der Waals surface area (Å²) in [5.41, 5.74) is 6.26. The molecule has 148 valence electrons. The highest BCUT2D eigenvalue weighted by Gasteiger charge is 2.59. The number of nitrogens with one attached hydrogen (secondary N) is 2. The van der Waals surface area contributed by atoms with Gasteiger partial charge in [0, 0.05) is 29.8 Å². The lowest BCUT2D eigenvalue weighted by Gasteiger charge is -2.10. The van der Waals surface area contributed by atoms with Crippen LogP contribution in [-0.4, -0.2) is 16.1 Å². The molecule has 4 nitrogen and oxygen atoms in total. The number of fused-ring (bicyclic) bond motifs is 3. The monoisotopic (exact) mass is 393 g/mol. The van der Waals surface area contributed by atoms with Crippen LogP contribution in [0.1, 0.15) is 55.8 Å². The third-order valence-electron chi connectivity index (χ3n) is 6.53. The highest BCUT2D eigenvalue weighted by atomic mass is 19.1. The Bertz CT molecular complexity index is 1140. The molecule has 0 bridgehead atoms. The van der Waals surface area contributed by atoms with Crippen molar-refractivity contribution in [1.29, 1.82) is 0 Å². The Labute approximate surface area is 167 Å². The Kier molecular flexibility index (Phi) is 4.05. The zero-order chi connectivity index (χ0) is 20.3. The van der Waals surface area contributed by atoms with E-state index in [2.05, 4.69) is 15.5 Å². The Morgan fingerprint density at radius 3 is 2.83 bits per heavy atom. The van der Waals surface area contributed by atoms with Gasteiger partial charge in [0.25, 0.3) is 5.91 Å². The van der Waals surface area contributed by atoms with E-state index in [0.29, 0.717) is 24.2 Å². The van der Waals surface area contributed by atoms with Gasteiger partial charge >= 0.3 is 0 Å². The van der Waals surface area contributed by atoms with E-state index >= 15 is 0 Å². The standard InChI is InChI=1S/C23H21F2N3O/c1-11-4-3-5-13(12(11)2)10-26-23(29)22-17-9-16-19(20(16)21(17)27-28-22)15-7-6-14(24)8-18(15)25/h3-8,16,19-20H,9-10H2,1-2H3,(H,26,29)(H,27,28). The van der Waals surface area contributed by atoms with Crippen LogP contribution in [-0.2, 0) is 13.0 Å². The summed E-state index contributed by atoms with van der Waals surface area (Å²) in [6.45, 7) is 4.55. The first-order valence-corrected chi connectivity index (χ1v) is 9.81. The summed E-state index contributed by atoms with van der Waals surface area (Å²) in [6.07, 6.45) is 0.685. The van der Waals surface area contributed by atoms with Gasteiger partial charge in [-0.15, -0.1) is 0 Å². The van der Waals surface area contributed by atoms with Gasteiger partial charge in [0.15, 0.2) is 5.69 Å². The number of aromatic nitrogens is 2. The van der Waals surface area contributed by atoms with Crippen LogP contribution in [0.4, 0.5) is 8.78 Å². The number of carbonyl (C=O) groups is 1. The number of hydrogen-bond acceptors (Lipinski definition) is 2. The summed E-state index contributed by atoms with van der Waals surface area (Å²) in [6, 6.07) is 9.80. The maximum Gasteiger partial charge on any atom is 0.272 e. The first kappa shape index (κ1) is 18.0. The van der Waals surface area contributed by atoms with Gasteiger partial charge in [-0.2, -0.15) is 5.10 Å². The van der Waals surface area contributed by atoms with Gasteiger partial charge in [-0.3, -0.25) is 9.89 Å². The second kappa shape index (κ2) is 6.51. The molecule has 6 heteroatoms. The average Bonchev–Trinajstić information content (AvgIpc) is 3.04. The van der Waals surface area contributed by atoms with Gasteiger partial charge in [0.2, 0.25) is 0 Å². The van der Waals surface area contributed by atoms with E-state index in [1.54, 1.807) is 0 Å². The van der Waals surface area contributed by atoms with Gasteiger partial charge in [-0.25, -0.2) is 8.78 Å². The third kappa shape index (κ3) is 2.85. The topological polar surface area (TPSA) is 57.8 Å². The molecule has 3 unspecified atom stereocenters. The Hall–Kier alpha value is -3.02. The number of aromatic amines is 1. The van der Waals surface area contributed by atoms with Gasteiger partial charge in [0.05, 0.1) is 0 Å². The number of hydrogen-bond donors (Lipinski definition) is 2. The number of carbonyl (C=O) groups excluding carboxylic acids is 1. The maximum atomic E-state index is 14.2. The van der Waals surface area contributed by atoms with Crippen LogP contribution >= 0.6 is 0 Å². The number of amides is 1. The summed E-state index contributed by atoms with van der Waals surface area (Å²) in [7, 11) is 0. The number of aryl methyl sites for hydroxylation is 1. The zero-order valence-corrected chi connectivity index (χ0v) is 16.2. The fourth-order valence-corrected chi connectivity index (χ4v) is 4.76. The first-order chi connectivity index (χ1) is 14.0. The van der Waals surface area contributed by atoms with Crippen molar-refractivity contribution in [3.8, 4) is 0 Å². The van der Waals surface area contributed by atoms with Crippen molar-refractivity contribution in [3.05, 3.63) is 87.2 Å². The SMILES string of the molecule is Cc1cccc(CNC(=O)c2n[nH]c3c2CC2C(c4ccc(F)cc4F)C32)c1C. The molecule has 1 fully saturated rings. The van der Waals surface area contributed by atoms with Crippen molar-refractivity contribution in [2.75, 3.05) is 0 Å². The Balaban J connectivity index is 1.31. The molecule has 1 aromatic heterocycles. The fraction of sp³-hybridized carbons (Fsp3) is 0.304. The lowest BCUT2D eigenvalue weighted by Crippen LogP contribution is -2.24. The van der Waals surface area contributed by atoms with Crippen molar-refractivity contribution in [1.82, 2.24) is 15.5 Å². The predicted molar refractivity (Wildman–Crippen MR) is 105 cm³/mol. The molecule has 2 aliphatic rings. The van der Waals surface area contributed by atoms with Gasteiger partial charge in [0.1, 0.15) is 11.6 Å². The van der Waals surface area contributed by atoms with Crippen LogP contribution in [0.3, 0.4) is 0 Å². The largest absolute Gasteiger partial charge is 0.347 e. The minimum atomic E-state index is -0.568. The van der Waals surface area contributed by atoms with E-state index in [-0.39, 0.29) is 23.7 Å². The molecule has 2 aromatic carbocycles. The van der Waals surface area contributed by atoms with E-state index in [4.69, 9.17) is 0 Å². The Morgan fingerprint density at radius 2 is 2.03 bits per heavy atom. The lowest BCUT2D eigenvalue weighted by molar-refractivity contribution is 0.0945. The van der Waals surface area contributed by atoms with Crippen LogP contribution < -0.4 is 5.32 Å². The van der Waals surface area contributed by atoms with Crippen molar-refractivity contribution in [3.63, 3.8) is 0 Å². The van der Waals surface area contributed by atoms with Crippen molar-refractivity contribution < 1.29 is 13.6 Å². The first-order valence-electron chi connectivity index (χ1n) is 9.81. The van der Waals surface area contributed by atoms with E-state index in [1.165, 1.54) is 23.3 Å². The van der Waals surface area contributed by atoms with Crippen LogP contribution in [0, 0.1) is 31.4 Å². The van der Waals surface area contributed by atoms with Crippen molar-refractivity contribution >= 4 is 5.91 Å². The van der Waals surface area contributed by atoms with Crippen LogP contribution in [0.25, 0.3) is 0 Å². The minimum absolute atomic E-state index is 0.0226. The molecule has 29 heavy (non-hydrogen) atoms. The molecule has 5 rings (SSSR count). The van der Waals surface area contributed by atoms with Crippen LogP contribution in [0.5, 0.6) is 0 Å². The van der Waals surface area contributed by atoms with Gasteiger partial charge in [-0.1, -0.05) is 24.3 Å². The van der Waals surface area contributed by atoms with Crippen LogP contribution in [0.2, 0.25) is 0 Å². The van der Waals surface area contributed by atoms with Crippen LogP contribution in [0.15, 0.2) is 36.4 Å². The summed E-state index contributed by atoms with van der Waals surface area (Å²) in [4.78, 5) is 12.7. The quantitative estimate of drug-likeness (QED) is 0.695. The molecular weight excluding hydrogens is 372 g/mol. The second-order valence-corrected chi connectivity index (χ2v) is 8.09. The molecule has 0 spiro atoms. The number of nitrogens with zero attached hydrogens (tertiary/aromatic N) is 1. The highest BCUT2D eigenvalue weighted by Crippen LogP contribution is 2.66. The molecule has 0 saturated heterocycles. The lowest BCUT2D eigenvalue weighted by atomic mass is 10.00. The normalized spacial score (nSPS) is 21.6. The predicted octanol–water partition coefficient (Wildman–Crippen LogP) is 4.29. The average molecular weight is 393 g/mol. The smallest absolute Gasteiger partial charge is 0.272 e. The number of benzene rings is 2. The molecule has 1 heterocycles. The van der Waals surface area contributed by atoms with E-state index in [9.17, 15) is 13.6 Å². The Morgan fingerprint density at radius 1 is 1.21 bits per heavy atom. The molecule has 0 aliphatic heterocycles. The molecule has 2 aliphatic carbocycles. The highest BCUT2D eigenvalue weighted by molar-refractivity contribution is 5.94. The number of H-pyrrole nitrogens is 1. The molecule has 3 atom stereocenters. The summed E-state index contributed by atoms with van der Waals surface area (Å²) < 4.78 is 27.3. The molecule has 2 N–H and O–H groups in total. The van der Waals surface area contributed by atoms with E-state index in [1.807, 2.05) is 32.0 Å².